The number of nitrogens with one attached hydrogen (secondary N) is 1. The molecule has 120 valence electrons. The van der Waals surface area contributed by atoms with Crippen LogP contribution in [0.4, 0.5) is 0 Å². The second kappa shape index (κ2) is 6.80. The molecule has 1 aromatic rings. The number of hydrogen-bond acceptors (Lipinski definition) is 4. The van der Waals surface area contributed by atoms with E-state index >= 15 is 0 Å². The van der Waals surface area contributed by atoms with Gasteiger partial charge in [-0.2, -0.15) is 0 Å². The highest BCUT2D eigenvalue weighted by molar-refractivity contribution is 5.81. The van der Waals surface area contributed by atoms with Crippen LogP contribution in [0, 0.1) is 5.92 Å². The molecule has 3 rings (SSSR count). The van der Waals surface area contributed by atoms with E-state index in [0.717, 1.165) is 45.1 Å². The van der Waals surface area contributed by atoms with Crippen LogP contribution in [0.1, 0.15) is 44.1 Å². The van der Waals surface area contributed by atoms with Crippen molar-refractivity contribution in [1.29, 1.82) is 0 Å². The van der Waals surface area contributed by atoms with Crippen LogP contribution in [-0.4, -0.2) is 30.3 Å². The first kappa shape index (κ1) is 15.5. The highest BCUT2D eigenvalue weighted by Crippen LogP contribution is 2.41. The van der Waals surface area contributed by atoms with Gasteiger partial charge in [-0.15, -0.1) is 0 Å². The summed E-state index contributed by atoms with van der Waals surface area (Å²) >= 11 is 0. The van der Waals surface area contributed by atoms with Gasteiger partial charge in [0, 0.05) is 12.5 Å². The Balaban J connectivity index is 1.82. The van der Waals surface area contributed by atoms with Gasteiger partial charge >= 0.3 is 5.97 Å². The van der Waals surface area contributed by atoms with E-state index in [4.69, 9.17) is 4.74 Å². The monoisotopic (exact) mass is 303 g/mol. The van der Waals surface area contributed by atoms with E-state index in [1.165, 1.54) is 0 Å². The summed E-state index contributed by atoms with van der Waals surface area (Å²) in [6, 6.07) is 9.29. The van der Waals surface area contributed by atoms with Gasteiger partial charge in [0.2, 0.25) is 0 Å². The third kappa shape index (κ3) is 3.03. The largest absolute Gasteiger partial charge is 0.459 e. The van der Waals surface area contributed by atoms with Gasteiger partial charge in [-0.05, 0) is 37.8 Å². The first-order valence-electron chi connectivity index (χ1n) is 8.41. The topological polar surface area (TPSA) is 58.6 Å². The van der Waals surface area contributed by atoms with Crippen molar-refractivity contribution in [2.24, 2.45) is 5.92 Å². The van der Waals surface area contributed by atoms with Crippen molar-refractivity contribution in [3.63, 3.8) is 0 Å². The molecular weight excluding hydrogens is 278 g/mol. The zero-order chi connectivity index (χ0) is 15.4. The molecule has 4 nitrogen and oxygen atoms in total. The average molecular weight is 303 g/mol. The van der Waals surface area contributed by atoms with Gasteiger partial charge in [-0.25, -0.2) is 4.79 Å². The van der Waals surface area contributed by atoms with E-state index in [9.17, 15) is 9.90 Å². The molecule has 0 bridgehead atoms. The SMILES string of the molecule is O=C(OC1CCCNC1)C(O)(c1ccccc1)C1CCCC1. The number of carbonyl (C=O) groups excluding carboxylic acids is 1. The smallest absolute Gasteiger partial charge is 0.343 e. The molecule has 1 aliphatic heterocycles. The summed E-state index contributed by atoms with van der Waals surface area (Å²) in [6.07, 6.45) is 5.64. The lowest BCUT2D eigenvalue weighted by molar-refractivity contribution is -0.180. The lowest BCUT2D eigenvalue weighted by Gasteiger charge is -2.34. The maximum atomic E-state index is 12.8. The second-order valence-corrected chi connectivity index (χ2v) is 6.49. The predicted octanol–water partition coefficient (Wildman–Crippen LogP) is 2.36. The normalized spacial score (nSPS) is 25.6. The van der Waals surface area contributed by atoms with Crippen molar-refractivity contribution in [2.75, 3.05) is 13.1 Å². The number of ether oxygens (including phenoxy) is 1. The Labute approximate surface area is 131 Å². The van der Waals surface area contributed by atoms with Gasteiger partial charge in [0.15, 0.2) is 5.60 Å². The summed E-state index contributed by atoms with van der Waals surface area (Å²) in [5, 5.41) is 14.5. The molecule has 2 N–H and O–H groups in total. The quantitative estimate of drug-likeness (QED) is 0.838. The lowest BCUT2D eigenvalue weighted by atomic mass is 9.80. The summed E-state index contributed by atoms with van der Waals surface area (Å²) in [5.41, 5.74) is -0.842. The average Bonchev–Trinajstić information content (AvgIpc) is 3.11. The fourth-order valence-corrected chi connectivity index (χ4v) is 3.72. The van der Waals surface area contributed by atoms with Gasteiger partial charge < -0.3 is 15.2 Å². The highest BCUT2D eigenvalue weighted by atomic mass is 16.6. The fraction of sp³-hybridized carbons (Fsp3) is 0.611. The van der Waals surface area contributed by atoms with Gasteiger partial charge in [0.05, 0.1) is 0 Å². The maximum Gasteiger partial charge on any atom is 0.343 e. The van der Waals surface area contributed by atoms with E-state index in [1.807, 2.05) is 30.3 Å². The molecule has 1 aromatic carbocycles. The van der Waals surface area contributed by atoms with Crippen molar-refractivity contribution >= 4 is 5.97 Å². The van der Waals surface area contributed by atoms with Crippen LogP contribution >= 0.6 is 0 Å². The molecule has 1 saturated carbocycles. The zero-order valence-corrected chi connectivity index (χ0v) is 13.0. The molecule has 0 amide bonds. The molecule has 1 saturated heterocycles. The van der Waals surface area contributed by atoms with Crippen molar-refractivity contribution in [3.8, 4) is 0 Å². The molecule has 4 heteroatoms. The molecule has 0 spiro atoms. The fourth-order valence-electron chi connectivity index (χ4n) is 3.72. The van der Waals surface area contributed by atoms with Crippen LogP contribution in [0.25, 0.3) is 0 Å². The Morgan fingerprint density at radius 3 is 2.50 bits per heavy atom. The minimum Gasteiger partial charge on any atom is -0.459 e. The van der Waals surface area contributed by atoms with E-state index < -0.39 is 11.6 Å². The van der Waals surface area contributed by atoms with Crippen LogP contribution in [0.15, 0.2) is 30.3 Å². The standard InChI is InChI=1S/C18H25NO3/c20-17(22-16-11-6-12-19-13-16)18(21,15-9-4-5-10-15)14-7-2-1-3-8-14/h1-3,7-8,15-16,19,21H,4-6,9-13H2. The molecule has 22 heavy (non-hydrogen) atoms. The number of hydrogen-bond donors (Lipinski definition) is 2. The van der Waals surface area contributed by atoms with Crippen molar-refractivity contribution in [1.82, 2.24) is 5.32 Å². The molecule has 2 fully saturated rings. The summed E-state index contributed by atoms with van der Waals surface area (Å²) < 4.78 is 5.67. The Bertz CT molecular complexity index is 492. The van der Waals surface area contributed by atoms with E-state index in [-0.39, 0.29) is 12.0 Å². The Morgan fingerprint density at radius 2 is 1.86 bits per heavy atom. The number of aliphatic hydroxyl groups is 1. The van der Waals surface area contributed by atoms with Crippen molar-refractivity contribution in [3.05, 3.63) is 35.9 Å². The summed E-state index contributed by atoms with van der Waals surface area (Å²) in [7, 11) is 0. The lowest BCUT2D eigenvalue weighted by Crippen LogP contribution is -2.47. The van der Waals surface area contributed by atoms with E-state index in [2.05, 4.69) is 5.32 Å². The van der Waals surface area contributed by atoms with Crippen LogP contribution < -0.4 is 5.32 Å². The first-order chi connectivity index (χ1) is 10.7. The molecule has 0 aromatic heterocycles. The Morgan fingerprint density at radius 1 is 1.14 bits per heavy atom. The van der Waals surface area contributed by atoms with Crippen LogP contribution in [0.5, 0.6) is 0 Å². The molecule has 1 aliphatic carbocycles. The molecule has 0 radical (unpaired) electrons. The Hall–Kier alpha value is -1.39. The zero-order valence-electron chi connectivity index (χ0n) is 13.0. The van der Waals surface area contributed by atoms with Crippen LogP contribution in [-0.2, 0) is 15.1 Å². The summed E-state index contributed by atoms with van der Waals surface area (Å²) in [4.78, 5) is 12.8. The van der Waals surface area contributed by atoms with Crippen molar-refractivity contribution < 1.29 is 14.6 Å². The number of rotatable bonds is 4. The minimum absolute atomic E-state index is 0.0426. The summed E-state index contributed by atoms with van der Waals surface area (Å²) in [6.45, 7) is 1.65. The Kier molecular flexibility index (Phi) is 4.79. The number of carbonyl (C=O) groups is 1. The van der Waals surface area contributed by atoms with Gasteiger partial charge in [0.25, 0.3) is 0 Å². The number of piperidine rings is 1. The first-order valence-corrected chi connectivity index (χ1v) is 8.41. The molecule has 2 aliphatic rings. The number of esters is 1. The van der Waals surface area contributed by atoms with Gasteiger partial charge in [-0.1, -0.05) is 43.2 Å². The van der Waals surface area contributed by atoms with E-state index in [0.29, 0.717) is 12.1 Å². The third-order valence-electron chi connectivity index (χ3n) is 5.00. The maximum absolute atomic E-state index is 12.8. The van der Waals surface area contributed by atoms with E-state index in [1.54, 1.807) is 0 Å². The molecule has 1 heterocycles. The second-order valence-electron chi connectivity index (χ2n) is 6.49. The van der Waals surface area contributed by atoms with Crippen molar-refractivity contribution in [2.45, 2.75) is 50.2 Å². The highest BCUT2D eigenvalue weighted by Gasteiger charge is 2.48. The molecule has 2 unspecified atom stereocenters. The molecular formula is C18H25NO3. The van der Waals surface area contributed by atoms with Gasteiger partial charge in [-0.3, -0.25) is 0 Å². The molecule has 2 atom stereocenters. The third-order valence-corrected chi connectivity index (χ3v) is 5.00. The van der Waals surface area contributed by atoms with Crippen LogP contribution in [0.2, 0.25) is 0 Å². The summed E-state index contributed by atoms with van der Waals surface area (Å²) in [5.74, 6) is -0.516. The number of benzene rings is 1. The van der Waals surface area contributed by atoms with Crippen LogP contribution in [0.3, 0.4) is 0 Å². The minimum atomic E-state index is -1.50. The predicted molar refractivity (Wildman–Crippen MR) is 84.3 cm³/mol. The van der Waals surface area contributed by atoms with Gasteiger partial charge in [0.1, 0.15) is 6.10 Å².